The van der Waals surface area contributed by atoms with Crippen LogP contribution < -0.4 is 10.5 Å². The minimum atomic E-state index is -0.886. The fourth-order valence-corrected chi connectivity index (χ4v) is 1.70. The molecule has 1 rings (SSSR count). The zero-order valence-corrected chi connectivity index (χ0v) is 10.3. The van der Waals surface area contributed by atoms with Gasteiger partial charge in [-0.3, -0.25) is 20.2 Å². The van der Waals surface area contributed by atoms with E-state index in [0.717, 1.165) is 13.2 Å². The lowest BCUT2D eigenvalue weighted by Crippen LogP contribution is -2.19. The van der Waals surface area contributed by atoms with Crippen LogP contribution >= 0.6 is 0 Å². The largest absolute Gasteiger partial charge is 0.500 e. The molecule has 1 aromatic rings. The third-order valence-electron chi connectivity index (χ3n) is 2.45. The molecule has 0 saturated carbocycles. The van der Waals surface area contributed by atoms with Crippen molar-refractivity contribution in [2.75, 3.05) is 7.11 Å². The molecule has 9 nitrogen and oxygen atoms in total. The summed E-state index contributed by atoms with van der Waals surface area (Å²) >= 11 is 0. The molecule has 1 atom stereocenters. The highest BCUT2D eigenvalue weighted by Crippen LogP contribution is 2.44. The number of rotatable bonds is 5. The monoisotopic (exact) mass is 271 g/mol. The van der Waals surface area contributed by atoms with E-state index in [1.54, 1.807) is 6.92 Å². The van der Waals surface area contributed by atoms with Gasteiger partial charge in [0.2, 0.25) is 5.75 Å². The molecule has 0 aliphatic heterocycles. The maximum atomic E-state index is 11.0. The number of methoxy groups -OCH3 is 1. The van der Waals surface area contributed by atoms with Crippen LogP contribution in [0.5, 0.6) is 11.5 Å². The van der Waals surface area contributed by atoms with Gasteiger partial charge in [-0.1, -0.05) is 0 Å². The summed E-state index contributed by atoms with van der Waals surface area (Å²) in [5.74, 6) is -1.07. The van der Waals surface area contributed by atoms with Crippen molar-refractivity contribution in [2.24, 2.45) is 5.73 Å². The average molecular weight is 271 g/mol. The van der Waals surface area contributed by atoms with Crippen molar-refractivity contribution in [1.29, 1.82) is 0 Å². The molecular formula is C10H13N3O6. The molecule has 19 heavy (non-hydrogen) atoms. The van der Waals surface area contributed by atoms with Gasteiger partial charge in [0.25, 0.3) is 5.69 Å². The van der Waals surface area contributed by atoms with Crippen LogP contribution in [-0.4, -0.2) is 28.1 Å². The second kappa shape index (κ2) is 5.48. The minimum Gasteiger partial charge on any atom is -0.500 e. The maximum absolute atomic E-state index is 11.0. The first kappa shape index (κ1) is 14.6. The van der Waals surface area contributed by atoms with Crippen LogP contribution in [0.3, 0.4) is 0 Å². The number of hydrogen-bond acceptors (Lipinski definition) is 7. The van der Waals surface area contributed by atoms with Gasteiger partial charge < -0.3 is 15.6 Å². The van der Waals surface area contributed by atoms with E-state index in [2.05, 4.69) is 0 Å². The van der Waals surface area contributed by atoms with E-state index in [4.69, 9.17) is 10.5 Å². The summed E-state index contributed by atoms with van der Waals surface area (Å²) in [7, 11) is 1.15. The summed E-state index contributed by atoms with van der Waals surface area (Å²) in [6.45, 7) is 1.55. The van der Waals surface area contributed by atoms with Gasteiger partial charge in [-0.2, -0.15) is 0 Å². The van der Waals surface area contributed by atoms with Crippen molar-refractivity contribution in [3.63, 3.8) is 0 Å². The van der Waals surface area contributed by atoms with Crippen LogP contribution in [0.15, 0.2) is 6.07 Å². The first-order valence-electron chi connectivity index (χ1n) is 5.26. The molecule has 0 heterocycles. The fraction of sp³-hybridized carbons (Fsp3) is 0.400. The van der Waals surface area contributed by atoms with Crippen LogP contribution in [0.2, 0.25) is 0 Å². The SMILES string of the molecule is COc1cc([N+](=O)[O-])c(CC(C)N)c([N+](=O)[O-])c1O. The summed E-state index contributed by atoms with van der Waals surface area (Å²) in [6, 6.07) is 0.408. The van der Waals surface area contributed by atoms with Crippen molar-refractivity contribution in [2.45, 2.75) is 19.4 Å². The van der Waals surface area contributed by atoms with E-state index in [9.17, 15) is 25.3 Å². The maximum Gasteiger partial charge on any atom is 0.324 e. The number of benzene rings is 1. The average Bonchev–Trinajstić information content (AvgIpc) is 2.27. The highest BCUT2D eigenvalue weighted by molar-refractivity contribution is 5.67. The molecule has 0 aliphatic carbocycles. The zero-order chi connectivity index (χ0) is 14.7. The van der Waals surface area contributed by atoms with Gasteiger partial charge in [0, 0.05) is 12.5 Å². The number of nitrogens with zero attached hydrogens (tertiary/aromatic N) is 2. The summed E-state index contributed by atoms with van der Waals surface area (Å²) in [4.78, 5) is 20.3. The van der Waals surface area contributed by atoms with E-state index in [0.29, 0.717) is 0 Å². The Morgan fingerprint density at radius 1 is 1.42 bits per heavy atom. The Balaban J connectivity index is 3.67. The van der Waals surface area contributed by atoms with Crippen LogP contribution in [0.1, 0.15) is 12.5 Å². The van der Waals surface area contributed by atoms with Crippen molar-refractivity contribution in [3.05, 3.63) is 31.9 Å². The lowest BCUT2D eigenvalue weighted by atomic mass is 10.0. The van der Waals surface area contributed by atoms with Crippen molar-refractivity contribution < 1.29 is 19.7 Å². The first-order chi connectivity index (χ1) is 8.79. The second-order valence-electron chi connectivity index (χ2n) is 3.97. The number of nitro benzene ring substituents is 2. The Labute approximate surface area is 107 Å². The van der Waals surface area contributed by atoms with Gasteiger partial charge in [-0.05, 0) is 6.92 Å². The number of aromatic hydroxyl groups is 1. The number of ether oxygens (including phenoxy) is 1. The Morgan fingerprint density at radius 2 is 2.00 bits per heavy atom. The number of hydrogen-bond donors (Lipinski definition) is 2. The predicted molar refractivity (Wildman–Crippen MR) is 65.3 cm³/mol. The number of phenolic OH excluding ortho intramolecular Hbond substituents is 1. The van der Waals surface area contributed by atoms with Gasteiger partial charge in [0.05, 0.1) is 23.0 Å². The Bertz CT molecular complexity index is 528. The van der Waals surface area contributed by atoms with E-state index >= 15 is 0 Å². The summed E-state index contributed by atoms with van der Waals surface area (Å²) in [5.41, 5.74) is 4.06. The van der Waals surface area contributed by atoms with Gasteiger partial charge in [-0.15, -0.1) is 0 Å². The topological polar surface area (TPSA) is 142 Å². The zero-order valence-electron chi connectivity index (χ0n) is 10.3. The summed E-state index contributed by atoms with van der Waals surface area (Å²) < 4.78 is 4.70. The molecule has 0 aromatic heterocycles. The van der Waals surface area contributed by atoms with E-state index in [1.807, 2.05) is 0 Å². The standard InChI is InChI=1S/C10H13N3O6/c1-5(11)3-6-7(12(15)16)4-8(19-2)10(14)9(6)13(17)18/h4-5,14H,3,11H2,1-2H3. The van der Waals surface area contributed by atoms with E-state index < -0.39 is 33.0 Å². The summed E-state index contributed by atoms with van der Waals surface area (Å²) in [6.07, 6.45) is -0.107. The quantitative estimate of drug-likeness (QED) is 0.603. The summed E-state index contributed by atoms with van der Waals surface area (Å²) in [5, 5.41) is 31.7. The molecular weight excluding hydrogens is 258 g/mol. The van der Waals surface area contributed by atoms with Crippen molar-refractivity contribution in [3.8, 4) is 11.5 Å². The molecule has 1 aromatic carbocycles. The van der Waals surface area contributed by atoms with E-state index in [-0.39, 0.29) is 17.7 Å². The molecule has 3 N–H and O–H groups in total. The molecule has 1 unspecified atom stereocenters. The molecule has 0 radical (unpaired) electrons. The Morgan fingerprint density at radius 3 is 2.37 bits per heavy atom. The second-order valence-corrected chi connectivity index (χ2v) is 3.97. The molecule has 0 saturated heterocycles. The smallest absolute Gasteiger partial charge is 0.324 e. The van der Waals surface area contributed by atoms with Crippen molar-refractivity contribution >= 4 is 11.4 Å². The van der Waals surface area contributed by atoms with Crippen LogP contribution in [0, 0.1) is 20.2 Å². The van der Waals surface area contributed by atoms with Crippen LogP contribution in [-0.2, 0) is 6.42 Å². The highest BCUT2D eigenvalue weighted by atomic mass is 16.6. The molecule has 0 aliphatic rings. The van der Waals surface area contributed by atoms with Crippen LogP contribution in [0.25, 0.3) is 0 Å². The Kier molecular flexibility index (Phi) is 4.22. The number of nitro groups is 2. The number of phenols is 1. The Hall–Kier alpha value is -2.42. The van der Waals surface area contributed by atoms with Crippen LogP contribution in [0.4, 0.5) is 11.4 Å². The number of nitrogens with two attached hydrogens (primary N) is 1. The highest BCUT2D eigenvalue weighted by Gasteiger charge is 2.33. The molecule has 0 fully saturated rings. The normalized spacial score (nSPS) is 11.9. The molecule has 104 valence electrons. The van der Waals surface area contributed by atoms with Crippen molar-refractivity contribution in [1.82, 2.24) is 0 Å². The molecule has 9 heteroatoms. The molecule has 0 spiro atoms. The van der Waals surface area contributed by atoms with Gasteiger partial charge >= 0.3 is 5.69 Å². The van der Waals surface area contributed by atoms with E-state index in [1.165, 1.54) is 0 Å². The third kappa shape index (κ3) is 2.88. The van der Waals surface area contributed by atoms with Gasteiger partial charge in [-0.25, -0.2) is 0 Å². The minimum absolute atomic E-state index is 0.107. The lowest BCUT2D eigenvalue weighted by molar-refractivity contribution is -0.396. The lowest BCUT2D eigenvalue weighted by Gasteiger charge is -2.10. The predicted octanol–water partition coefficient (Wildman–Crippen LogP) is 1.11. The molecule has 0 amide bonds. The van der Waals surface area contributed by atoms with Gasteiger partial charge in [0.15, 0.2) is 5.75 Å². The fourth-order valence-electron chi connectivity index (χ4n) is 1.70. The first-order valence-corrected chi connectivity index (χ1v) is 5.26. The molecule has 0 bridgehead atoms. The third-order valence-corrected chi connectivity index (χ3v) is 2.45. The van der Waals surface area contributed by atoms with Gasteiger partial charge in [0.1, 0.15) is 5.56 Å².